The number of likely N-dealkylation sites (N-methyl/N-ethyl adjacent to an activating group) is 1. The first-order valence-electron chi connectivity index (χ1n) is 9.72. The number of nitriles is 1. The van der Waals surface area contributed by atoms with Crippen LogP contribution in [-0.4, -0.2) is 48.4 Å². The summed E-state index contributed by atoms with van der Waals surface area (Å²) in [7, 11) is 1.60. The van der Waals surface area contributed by atoms with Gasteiger partial charge < -0.3 is 14.5 Å². The Bertz CT molecular complexity index is 808. The van der Waals surface area contributed by atoms with Crippen LogP contribution in [-0.2, 0) is 14.3 Å². The van der Waals surface area contributed by atoms with Crippen molar-refractivity contribution in [3.05, 3.63) is 29.8 Å². The van der Waals surface area contributed by atoms with Crippen LogP contribution in [0.2, 0.25) is 0 Å². The Kier molecular flexibility index (Phi) is 5.98. The third-order valence-electron chi connectivity index (χ3n) is 5.70. The number of hydrogen-bond acceptors (Lipinski definition) is 5. The van der Waals surface area contributed by atoms with Crippen LogP contribution in [0, 0.1) is 11.3 Å². The van der Waals surface area contributed by atoms with Gasteiger partial charge in [-0.15, -0.1) is 0 Å². The molecule has 1 saturated carbocycles. The molecule has 0 unspecified atom stereocenters. The van der Waals surface area contributed by atoms with Crippen molar-refractivity contribution in [3.63, 3.8) is 0 Å². The molecule has 7 nitrogen and oxygen atoms in total. The number of hydrogen-bond donors (Lipinski definition) is 0. The number of benzene rings is 1. The minimum Gasteiger partial charge on any atom is -0.452 e. The lowest BCUT2D eigenvalue weighted by molar-refractivity contribution is -0.138. The predicted octanol–water partition coefficient (Wildman–Crippen LogP) is 2.66. The first kappa shape index (κ1) is 19.9. The minimum atomic E-state index is -0.808. The number of esters is 1. The van der Waals surface area contributed by atoms with Crippen molar-refractivity contribution in [2.24, 2.45) is 0 Å². The van der Waals surface area contributed by atoms with Crippen LogP contribution in [0.3, 0.4) is 0 Å². The normalized spacial score (nSPS) is 18.4. The SMILES string of the molecule is CN(C(=O)COC(=O)c1cccc(N2CCCC2=O)c1)C1(C#N)CCCCC1. The van der Waals surface area contributed by atoms with Gasteiger partial charge in [-0.1, -0.05) is 25.3 Å². The highest BCUT2D eigenvalue weighted by Gasteiger charge is 2.39. The van der Waals surface area contributed by atoms with Gasteiger partial charge in [-0.3, -0.25) is 9.59 Å². The third kappa shape index (κ3) is 4.01. The summed E-state index contributed by atoms with van der Waals surface area (Å²) in [4.78, 5) is 39.9. The van der Waals surface area contributed by atoms with Gasteiger partial charge in [-0.25, -0.2) is 4.79 Å². The lowest BCUT2D eigenvalue weighted by Crippen LogP contribution is -2.51. The Hall–Kier alpha value is -2.88. The summed E-state index contributed by atoms with van der Waals surface area (Å²) < 4.78 is 5.19. The molecule has 2 fully saturated rings. The predicted molar refractivity (Wildman–Crippen MR) is 103 cm³/mol. The zero-order valence-electron chi connectivity index (χ0n) is 16.1. The minimum absolute atomic E-state index is 0.0385. The number of amides is 2. The molecule has 1 saturated heterocycles. The van der Waals surface area contributed by atoms with Crippen LogP contribution < -0.4 is 4.90 Å². The maximum atomic E-state index is 12.5. The Morgan fingerprint density at radius 3 is 2.64 bits per heavy atom. The van der Waals surface area contributed by atoms with E-state index in [1.807, 2.05) is 0 Å². The highest BCUT2D eigenvalue weighted by Crippen LogP contribution is 2.32. The van der Waals surface area contributed by atoms with Crippen molar-refractivity contribution in [1.82, 2.24) is 4.90 Å². The molecule has 0 bridgehead atoms. The van der Waals surface area contributed by atoms with Crippen LogP contribution in [0.5, 0.6) is 0 Å². The number of rotatable bonds is 5. The Morgan fingerprint density at radius 1 is 1.25 bits per heavy atom. The summed E-state index contributed by atoms with van der Waals surface area (Å²) >= 11 is 0. The summed E-state index contributed by atoms with van der Waals surface area (Å²) in [5.41, 5.74) is 0.143. The number of ether oxygens (including phenoxy) is 1. The Labute approximate surface area is 164 Å². The molecule has 1 aromatic carbocycles. The number of anilines is 1. The number of nitrogens with zero attached hydrogens (tertiary/aromatic N) is 3. The van der Waals surface area contributed by atoms with E-state index in [-0.39, 0.29) is 11.8 Å². The van der Waals surface area contributed by atoms with Crippen molar-refractivity contribution in [2.45, 2.75) is 50.5 Å². The number of carbonyl (C=O) groups is 3. The van der Waals surface area contributed by atoms with Gasteiger partial charge in [-0.05, 0) is 37.5 Å². The fourth-order valence-electron chi connectivity index (χ4n) is 3.93. The second-order valence-corrected chi connectivity index (χ2v) is 7.43. The third-order valence-corrected chi connectivity index (χ3v) is 5.70. The Balaban J connectivity index is 1.61. The summed E-state index contributed by atoms with van der Waals surface area (Å²) in [6.45, 7) is 0.225. The first-order chi connectivity index (χ1) is 13.5. The molecule has 2 aliphatic rings. The van der Waals surface area contributed by atoms with E-state index in [0.29, 0.717) is 37.1 Å². The van der Waals surface area contributed by atoms with Crippen LogP contribution >= 0.6 is 0 Å². The molecular formula is C21H25N3O4. The first-order valence-corrected chi connectivity index (χ1v) is 9.72. The summed E-state index contributed by atoms with van der Waals surface area (Å²) in [6, 6.07) is 8.96. The van der Waals surface area contributed by atoms with Gasteiger partial charge in [0.15, 0.2) is 6.61 Å². The topological polar surface area (TPSA) is 90.7 Å². The van der Waals surface area contributed by atoms with E-state index >= 15 is 0 Å². The highest BCUT2D eigenvalue weighted by atomic mass is 16.5. The van der Waals surface area contributed by atoms with Gasteiger partial charge in [0.25, 0.3) is 5.91 Å². The molecule has 0 aromatic heterocycles. The fourth-order valence-corrected chi connectivity index (χ4v) is 3.93. The highest BCUT2D eigenvalue weighted by molar-refractivity contribution is 5.97. The lowest BCUT2D eigenvalue weighted by Gasteiger charge is -2.38. The van der Waals surface area contributed by atoms with Crippen LogP contribution in [0.15, 0.2) is 24.3 Å². The summed E-state index contributed by atoms with van der Waals surface area (Å²) in [6.07, 6.45) is 5.48. The fraction of sp³-hybridized carbons (Fsp3) is 0.524. The Morgan fingerprint density at radius 2 is 2.00 bits per heavy atom. The molecule has 1 aliphatic heterocycles. The van der Waals surface area contributed by atoms with Crippen LogP contribution in [0.1, 0.15) is 55.3 Å². The second kappa shape index (κ2) is 8.42. The van der Waals surface area contributed by atoms with Crippen LogP contribution in [0.25, 0.3) is 0 Å². The molecule has 148 valence electrons. The smallest absolute Gasteiger partial charge is 0.338 e. The molecule has 7 heteroatoms. The molecule has 0 radical (unpaired) electrons. The summed E-state index contributed by atoms with van der Waals surface area (Å²) in [5.74, 6) is -0.968. The molecule has 1 heterocycles. The molecule has 0 atom stereocenters. The van der Waals surface area contributed by atoms with Gasteiger partial charge in [0.05, 0.1) is 11.6 Å². The van der Waals surface area contributed by atoms with E-state index in [1.54, 1.807) is 36.2 Å². The zero-order valence-corrected chi connectivity index (χ0v) is 16.1. The van der Waals surface area contributed by atoms with Crippen LogP contribution in [0.4, 0.5) is 5.69 Å². The quantitative estimate of drug-likeness (QED) is 0.729. The largest absolute Gasteiger partial charge is 0.452 e. The molecule has 2 amide bonds. The van der Waals surface area contributed by atoms with Crippen molar-refractivity contribution < 1.29 is 19.1 Å². The van der Waals surface area contributed by atoms with Gasteiger partial charge in [0.2, 0.25) is 5.91 Å². The second-order valence-electron chi connectivity index (χ2n) is 7.43. The number of carbonyl (C=O) groups excluding carboxylic acids is 3. The average Bonchev–Trinajstić information content (AvgIpc) is 3.17. The molecule has 0 spiro atoms. The molecule has 3 rings (SSSR count). The van der Waals surface area contributed by atoms with E-state index in [1.165, 1.54) is 4.90 Å². The van der Waals surface area contributed by atoms with Gasteiger partial charge in [0.1, 0.15) is 5.54 Å². The van der Waals surface area contributed by atoms with Crippen molar-refractivity contribution in [3.8, 4) is 6.07 Å². The maximum absolute atomic E-state index is 12.5. The molecule has 1 aliphatic carbocycles. The molecule has 28 heavy (non-hydrogen) atoms. The molecule has 1 aromatic rings. The van der Waals surface area contributed by atoms with E-state index in [9.17, 15) is 19.6 Å². The van der Waals surface area contributed by atoms with E-state index in [2.05, 4.69) is 6.07 Å². The van der Waals surface area contributed by atoms with Gasteiger partial charge in [0, 0.05) is 25.7 Å². The van der Waals surface area contributed by atoms with Gasteiger partial charge >= 0.3 is 5.97 Å². The standard InChI is InChI=1S/C21H25N3O4/c1-23(21(15-22)10-3-2-4-11-21)19(26)14-28-20(27)16-7-5-8-17(13-16)24-12-6-9-18(24)25/h5,7-8,13H,2-4,6,9-12,14H2,1H3. The van der Waals surface area contributed by atoms with E-state index in [0.717, 1.165) is 25.7 Å². The zero-order chi connectivity index (χ0) is 20.1. The summed E-state index contributed by atoms with van der Waals surface area (Å²) in [5, 5.41) is 9.59. The van der Waals surface area contributed by atoms with Crippen molar-refractivity contribution in [1.29, 1.82) is 5.26 Å². The molecular weight excluding hydrogens is 358 g/mol. The molecule has 0 N–H and O–H groups in total. The van der Waals surface area contributed by atoms with Gasteiger partial charge in [-0.2, -0.15) is 5.26 Å². The van der Waals surface area contributed by atoms with Crippen molar-refractivity contribution in [2.75, 3.05) is 25.1 Å². The maximum Gasteiger partial charge on any atom is 0.338 e. The average molecular weight is 383 g/mol. The van der Waals surface area contributed by atoms with Crippen molar-refractivity contribution >= 4 is 23.5 Å². The van der Waals surface area contributed by atoms with E-state index < -0.39 is 18.1 Å². The lowest BCUT2D eigenvalue weighted by atomic mass is 9.81. The van der Waals surface area contributed by atoms with E-state index in [4.69, 9.17) is 4.74 Å². The monoisotopic (exact) mass is 383 g/mol.